The zero-order chi connectivity index (χ0) is 29.2. The van der Waals surface area contributed by atoms with Gasteiger partial charge in [-0.2, -0.15) is 8.42 Å². The molecule has 0 amide bonds. The van der Waals surface area contributed by atoms with Crippen molar-refractivity contribution >= 4 is 10.1 Å². The summed E-state index contributed by atoms with van der Waals surface area (Å²) in [5, 5.41) is 8.22. The molecule has 10 nitrogen and oxygen atoms in total. The van der Waals surface area contributed by atoms with Gasteiger partial charge in [0.25, 0.3) is 10.1 Å². The van der Waals surface area contributed by atoms with E-state index in [1.165, 1.54) is 23.0 Å². The van der Waals surface area contributed by atoms with Gasteiger partial charge in [-0.15, -0.1) is 5.10 Å². The first-order chi connectivity index (χ1) is 19.4. The SMILES string of the molecule is Cc1ccc(S(=O)(=O)O[C@@H]2[C@@H](n3cc(-c4cc(F)c(F)c(F)c4)nn3)[C@H]3OC(C)(C)OC[C@H]3O[C@@]23CCCO3)cc1. The molecule has 0 radical (unpaired) electrons. The summed E-state index contributed by atoms with van der Waals surface area (Å²) in [6.07, 6.45) is -0.645. The first-order valence-electron chi connectivity index (χ1n) is 13.1. The Balaban J connectivity index is 1.46. The van der Waals surface area contributed by atoms with Crippen molar-refractivity contribution in [1.82, 2.24) is 15.0 Å². The van der Waals surface area contributed by atoms with Crippen molar-refractivity contribution in [1.29, 1.82) is 0 Å². The van der Waals surface area contributed by atoms with Crippen LogP contribution in [0.3, 0.4) is 0 Å². The predicted octanol–water partition coefficient (Wildman–Crippen LogP) is 4.04. The van der Waals surface area contributed by atoms with Gasteiger partial charge in [0.15, 0.2) is 35.1 Å². The Morgan fingerprint density at radius 2 is 1.76 bits per heavy atom. The Labute approximate surface area is 234 Å². The van der Waals surface area contributed by atoms with Gasteiger partial charge in [-0.25, -0.2) is 17.9 Å². The highest BCUT2D eigenvalue weighted by molar-refractivity contribution is 7.86. The van der Waals surface area contributed by atoms with E-state index in [4.69, 9.17) is 23.1 Å². The van der Waals surface area contributed by atoms with Crippen LogP contribution in [0, 0.1) is 24.4 Å². The standard InChI is InChI=1S/C27H28F3N3O7S/c1-15-5-7-17(8-6-15)41(34,35)40-25-23(33-13-20(31-32-33)16-11-18(28)22(30)19(29)12-16)24-21(14-37-26(2,3)39-24)38-27(25)9-4-10-36-27/h5-8,11-13,21,23-25H,4,9-10,14H2,1-3H3/t21-,23+,24+,25-,27+/m1/s1. The van der Waals surface area contributed by atoms with Gasteiger partial charge < -0.3 is 18.9 Å². The maximum Gasteiger partial charge on any atom is 0.297 e. The first-order valence-corrected chi connectivity index (χ1v) is 14.5. The average molecular weight is 596 g/mol. The summed E-state index contributed by atoms with van der Waals surface area (Å²) < 4.78 is 101. The van der Waals surface area contributed by atoms with Crippen LogP contribution in [0.5, 0.6) is 0 Å². The van der Waals surface area contributed by atoms with Crippen molar-refractivity contribution in [3.05, 3.63) is 65.6 Å². The fraction of sp³-hybridized carbons (Fsp3) is 0.481. The van der Waals surface area contributed by atoms with Gasteiger partial charge in [0.1, 0.15) is 23.9 Å². The number of fused-ring (bicyclic) bond motifs is 1. The van der Waals surface area contributed by atoms with Crippen LogP contribution in [-0.4, -0.2) is 66.5 Å². The third-order valence-corrected chi connectivity index (χ3v) is 8.77. The topological polar surface area (TPSA) is 111 Å². The molecule has 3 aromatic rings. The number of hydrogen-bond donors (Lipinski definition) is 0. The normalized spacial score (nSPS) is 29.5. The molecule has 3 aliphatic rings. The van der Waals surface area contributed by atoms with Gasteiger partial charge in [0.2, 0.25) is 0 Å². The third-order valence-electron chi connectivity index (χ3n) is 7.46. The van der Waals surface area contributed by atoms with Crippen molar-refractivity contribution in [3.8, 4) is 11.3 Å². The van der Waals surface area contributed by atoms with Crippen LogP contribution in [0.25, 0.3) is 11.3 Å². The number of benzene rings is 2. The van der Waals surface area contributed by atoms with E-state index in [1.54, 1.807) is 26.0 Å². The molecule has 0 bridgehead atoms. The van der Waals surface area contributed by atoms with E-state index in [0.717, 1.165) is 17.7 Å². The maximum atomic E-state index is 14.0. The van der Waals surface area contributed by atoms with E-state index < -0.39 is 63.5 Å². The number of nitrogens with zero attached hydrogens (tertiary/aromatic N) is 3. The second-order valence-corrected chi connectivity index (χ2v) is 12.4. The average Bonchev–Trinajstić information content (AvgIpc) is 3.59. The van der Waals surface area contributed by atoms with Crippen LogP contribution < -0.4 is 0 Å². The lowest BCUT2D eigenvalue weighted by Gasteiger charge is -2.53. The van der Waals surface area contributed by atoms with Crippen LogP contribution >= 0.6 is 0 Å². The largest absolute Gasteiger partial charge is 0.348 e. The van der Waals surface area contributed by atoms with Crippen molar-refractivity contribution in [2.24, 2.45) is 0 Å². The minimum atomic E-state index is -4.36. The summed E-state index contributed by atoms with van der Waals surface area (Å²) >= 11 is 0. The van der Waals surface area contributed by atoms with E-state index >= 15 is 0 Å². The van der Waals surface area contributed by atoms with Crippen molar-refractivity contribution in [2.75, 3.05) is 13.2 Å². The molecule has 41 heavy (non-hydrogen) atoms. The number of rotatable bonds is 5. The molecule has 14 heteroatoms. The molecule has 6 rings (SSSR count). The van der Waals surface area contributed by atoms with E-state index in [9.17, 15) is 21.6 Å². The van der Waals surface area contributed by atoms with Crippen molar-refractivity contribution < 1.29 is 44.7 Å². The van der Waals surface area contributed by atoms with Gasteiger partial charge in [0, 0.05) is 12.0 Å². The molecule has 0 saturated carbocycles. The molecule has 0 N–H and O–H groups in total. The van der Waals surface area contributed by atoms with E-state index in [0.29, 0.717) is 19.4 Å². The lowest BCUT2D eigenvalue weighted by atomic mass is 9.88. The quantitative estimate of drug-likeness (QED) is 0.319. The Hall–Kier alpha value is -2.88. The molecule has 2 aromatic carbocycles. The predicted molar refractivity (Wildman–Crippen MR) is 135 cm³/mol. The summed E-state index contributed by atoms with van der Waals surface area (Å²) in [7, 11) is -4.36. The fourth-order valence-electron chi connectivity index (χ4n) is 5.49. The van der Waals surface area contributed by atoms with Crippen LogP contribution in [0.2, 0.25) is 0 Å². The summed E-state index contributed by atoms with van der Waals surface area (Å²) in [6, 6.07) is 6.76. The Kier molecular flexibility index (Phi) is 6.98. The van der Waals surface area contributed by atoms with Gasteiger partial charge in [-0.1, -0.05) is 22.9 Å². The molecule has 1 aromatic heterocycles. The summed E-state index contributed by atoms with van der Waals surface area (Å²) in [6.45, 7) is 5.62. The second-order valence-electron chi connectivity index (χ2n) is 10.8. The molecule has 220 valence electrons. The van der Waals surface area contributed by atoms with E-state index in [-0.39, 0.29) is 22.8 Å². The van der Waals surface area contributed by atoms with Crippen LogP contribution in [0.1, 0.15) is 38.3 Å². The second kappa shape index (κ2) is 10.1. The number of halogens is 3. The molecule has 3 saturated heterocycles. The first kappa shape index (κ1) is 28.2. The Bertz CT molecular complexity index is 1540. The Morgan fingerprint density at radius 3 is 2.41 bits per heavy atom. The van der Waals surface area contributed by atoms with Gasteiger partial charge in [-0.3, -0.25) is 4.18 Å². The van der Waals surface area contributed by atoms with Gasteiger partial charge in [0.05, 0.1) is 24.3 Å². The summed E-state index contributed by atoms with van der Waals surface area (Å²) in [4.78, 5) is -0.0677. The van der Waals surface area contributed by atoms with E-state index in [2.05, 4.69) is 10.3 Å². The monoisotopic (exact) mass is 595 g/mol. The minimum Gasteiger partial charge on any atom is -0.348 e. The lowest BCUT2D eigenvalue weighted by Crippen LogP contribution is -2.67. The Morgan fingerprint density at radius 1 is 1.05 bits per heavy atom. The van der Waals surface area contributed by atoms with Crippen LogP contribution in [0.4, 0.5) is 13.2 Å². The van der Waals surface area contributed by atoms with Gasteiger partial charge >= 0.3 is 0 Å². The van der Waals surface area contributed by atoms with Gasteiger partial charge in [-0.05, 0) is 51.5 Å². The molecule has 0 unspecified atom stereocenters. The molecule has 3 fully saturated rings. The van der Waals surface area contributed by atoms with Crippen LogP contribution in [-0.2, 0) is 33.2 Å². The lowest BCUT2D eigenvalue weighted by molar-refractivity contribution is -0.396. The summed E-state index contributed by atoms with van der Waals surface area (Å²) in [5.41, 5.74) is 0.808. The highest BCUT2D eigenvalue weighted by Gasteiger charge is 2.62. The zero-order valence-electron chi connectivity index (χ0n) is 22.4. The van der Waals surface area contributed by atoms with Crippen LogP contribution in [0.15, 0.2) is 47.5 Å². The highest BCUT2D eigenvalue weighted by atomic mass is 32.2. The third kappa shape index (κ3) is 5.17. The van der Waals surface area contributed by atoms with E-state index in [1.807, 2.05) is 6.92 Å². The smallest absolute Gasteiger partial charge is 0.297 e. The molecule has 1 spiro atoms. The maximum absolute atomic E-state index is 14.0. The molecular weight excluding hydrogens is 567 g/mol. The summed E-state index contributed by atoms with van der Waals surface area (Å²) in [5.74, 6) is -6.96. The molecule has 5 atom stereocenters. The van der Waals surface area contributed by atoms with Crippen molar-refractivity contribution in [2.45, 2.75) is 74.4 Å². The number of aryl methyl sites for hydroxylation is 1. The number of aromatic nitrogens is 3. The molecule has 0 aliphatic carbocycles. The number of ether oxygens (including phenoxy) is 4. The molecule has 3 aliphatic heterocycles. The molecular formula is C27H28F3N3O7S. The minimum absolute atomic E-state index is 0.0127. The van der Waals surface area contributed by atoms with Crippen molar-refractivity contribution in [3.63, 3.8) is 0 Å². The highest BCUT2D eigenvalue weighted by Crippen LogP contribution is 2.49. The molecule has 4 heterocycles. The fourth-order valence-corrected chi connectivity index (χ4v) is 6.60. The number of hydrogen-bond acceptors (Lipinski definition) is 9. The zero-order valence-corrected chi connectivity index (χ0v) is 23.2.